The van der Waals surface area contributed by atoms with E-state index >= 15 is 0 Å². The van der Waals surface area contributed by atoms with Crippen LogP contribution < -0.4 is 0 Å². The maximum Gasteiger partial charge on any atom is 0.296 e. The van der Waals surface area contributed by atoms with Crippen molar-refractivity contribution in [3.8, 4) is 0 Å². The highest BCUT2D eigenvalue weighted by molar-refractivity contribution is 7.97. The molecule has 0 heterocycles. The van der Waals surface area contributed by atoms with Crippen molar-refractivity contribution in [1.82, 2.24) is 0 Å². The normalized spacial score (nSPS) is 12.9. The Hall–Kier alpha value is 0.0400. The molecule has 0 atom stereocenters. The lowest BCUT2D eigenvalue weighted by molar-refractivity contribution is 0.596. The van der Waals surface area contributed by atoms with E-state index in [-0.39, 0.29) is 4.90 Å². The summed E-state index contributed by atoms with van der Waals surface area (Å²) in [6.07, 6.45) is 0. The first kappa shape index (κ1) is 12.1. The minimum Gasteiger partial charge on any atom is -0.219 e. The van der Waals surface area contributed by atoms with E-state index in [1.807, 2.05) is 6.92 Å². The molecule has 0 radical (unpaired) electrons. The monoisotopic (exact) mass is 272 g/mol. The number of hydrogen-bond acceptors (Lipinski definition) is 2. The van der Waals surface area contributed by atoms with Crippen LogP contribution in [0.15, 0.2) is 29.2 Å². The summed E-state index contributed by atoms with van der Waals surface area (Å²) < 4.78 is 20.8. The van der Waals surface area contributed by atoms with E-state index in [1.54, 1.807) is 12.1 Å². The lowest BCUT2D eigenvalue weighted by Crippen LogP contribution is -2.19. The van der Waals surface area contributed by atoms with Crippen LogP contribution in [0.4, 0.5) is 0 Å². The molecule has 0 fully saturated rings. The number of alkyl halides is 3. The first-order valence-electron chi connectivity index (χ1n) is 3.63. The minimum absolute atomic E-state index is 0.00287. The van der Waals surface area contributed by atoms with Gasteiger partial charge in [-0.1, -0.05) is 52.5 Å². The lowest BCUT2D eigenvalue weighted by atomic mass is 10.2. The van der Waals surface area contributed by atoms with Crippen molar-refractivity contribution in [1.29, 1.82) is 0 Å². The van der Waals surface area contributed by atoms with E-state index in [4.69, 9.17) is 34.8 Å². The van der Waals surface area contributed by atoms with Gasteiger partial charge in [0.1, 0.15) is 0 Å². The molecule has 1 aromatic carbocycles. The van der Waals surface area contributed by atoms with Crippen molar-refractivity contribution in [2.45, 2.75) is 14.9 Å². The second-order valence-electron chi connectivity index (χ2n) is 2.76. The van der Waals surface area contributed by atoms with Gasteiger partial charge in [-0.2, -0.15) is 0 Å². The zero-order valence-corrected chi connectivity index (χ0v) is 10.3. The van der Waals surface area contributed by atoms with Gasteiger partial charge in [0.25, 0.3) is 3.12 Å². The molecule has 0 bridgehead atoms. The molecule has 0 N–H and O–H groups in total. The number of aryl methyl sites for hydroxylation is 1. The Morgan fingerprint density at radius 2 is 1.50 bits per heavy atom. The maximum atomic E-state index is 11.6. The fourth-order valence-corrected chi connectivity index (χ4v) is 2.41. The fraction of sp³-hybridized carbons (Fsp3) is 0.250. The summed E-state index contributed by atoms with van der Waals surface area (Å²) in [5, 5.41) is 0. The Morgan fingerprint density at radius 3 is 1.86 bits per heavy atom. The Labute approximate surface area is 97.7 Å². The summed E-state index contributed by atoms with van der Waals surface area (Å²) >= 11 is 16.0. The SMILES string of the molecule is Cc1ccc(S(=O)(=O)C(Cl)(Cl)Cl)cc1. The summed E-state index contributed by atoms with van der Waals surface area (Å²) in [7, 11) is -3.90. The standard InChI is InChI=1S/C8H7Cl3O2S/c1-6-2-4-7(5-3-6)14(12,13)8(9,10)11/h2-5H,1H3. The topological polar surface area (TPSA) is 34.1 Å². The lowest BCUT2D eigenvalue weighted by Gasteiger charge is -2.11. The first-order chi connectivity index (χ1) is 6.25. The molecule has 78 valence electrons. The van der Waals surface area contributed by atoms with E-state index in [0.29, 0.717) is 0 Å². The van der Waals surface area contributed by atoms with Crippen molar-refractivity contribution in [2.24, 2.45) is 0 Å². The van der Waals surface area contributed by atoms with Crippen LogP contribution in [-0.4, -0.2) is 11.5 Å². The van der Waals surface area contributed by atoms with Gasteiger partial charge in [0.15, 0.2) is 0 Å². The number of hydrogen-bond donors (Lipinski definition) is 0. The third-order valence-electron chi connectivity index (χ3n) is 1.64. The summed E-state index contributed by atoms with van der Waals surface area (Å²) in [4.78, 5) is 0.00287. The van der Waals surface area contributed by atoms with Crippen molar-refractivity contribution >= 4 is 44.6 Å². The molecule has 0 aliphatic rings. The molecule has 0 amide bonds. The highest BCUT2D eigenvalue weighted by Gasteiger charge is 2.39. The van der Waals surface area contributed by atoms with Crippen LogP contribution in [0, 0.1) is 6.92 Å². The highest BCUT2D eigenvalue weighted by Crippen LogP contribution is 2.37. The molecule has 0 spiro atoms. The molecule has 0 saturated heterocycles. The highest BCUT2D eigenvalue weighted by atomic mass is 35.6. The second-order valence-corrected chi connectivity index (χ2v) is 7.81. The molecule has 0 unspecified atom stereocenters. The molecule has 1 rings (SSSR count). The molecular weight excluding hydrogens is 267 g/mol. The Kier molecular flexibility index (Phi) is 3.37. The van der Waals surface area contributed by atoms with Crippen molar-refractivity contribution in [3.05, 3.63) is 29.8 Å². The predicted octanol–water partition coefficient (Wildman–Crippen LogP) is 3.10. The van der Waals surface area contributed by atoms with Gasteiger partial charge in [0.2, 0.25) is 9.84 Å². The number of benzene rings is 1. The Morgan fingerprint density at radius 1 is 1.07 bits per heavy atom. The van der Waals surface area contributed by atoms with Gasteiger partial charge in [-0.25, -0.2) is 8.42 Å². The van der Waals surface area contributed by atoms with E-state index in [0.717, 1.165) is 5.56 Å². The van der Waals surface area contributed by atoms with Crippen LogP contribution in [-0.2, 0) is 9.84 Å². The van der Waals surface area contributed by atoms with Crippen LogP contribution in [0.3, 0.4) is 0 Å². The van der Waals surface area contributed by atoms with Crippen molar-refractivity contribution < 1.29 is 8.42 Å². The molecular formula is C8H7Cl3O2S. The van der Waals surface area contributed by atoms with Crippen LogP contribution in [0.25, 0.3) is 0 Å². The molecule has 2 nitrogen and oxygen atoms in total. The average Bonchev–Trinajstić information content (AvgIpc) is 2.03. The Balaban J connectivity index is 3.25. The maximum absolute atomic E-state index is 11.6. The quantitative estimate of drug-likeness (QED) is 0.737. The van der Waals surface area contributed by atoms with Crippen LogP contribution >= 0.6 is 34.8 Å². The fourth-order valence-electron chi connectivity index (χ4n) is 0.851. The summed E-state index contributed by atoms with van der Waals surface area (Å²) in [5.41, 5.74) is 0.938. The van der Waals surface area contributed by atoms with Gasteiger partial charge < -0.3 is 0 Å². The van der Waals surface area contributed by atoms with E-state index < -0.39 is 13.0 Å². The number of sulfone groups is 1. The molecule has 6 heteroatoms. The van der Waals surface area contributed by atoms with Gasteiger partial charge in [-0.15, -0.1) is 0 Å². The average molecular weight is 274 g/mol. The Bertz CT molecular complexity index is 417. The third kappa shape index (κ3) is 2.34. The van der Waals surface area contributed by atoms with Gasteiger partial charge in [-0.3, -0.25) is 0 Å². The van der Waals surface area contributed by atoms with Gasteiger partial charge in [0, 0.05) is 0 Å². The van der Waals surface area contributed by atoms with Gasteiger partial charge in [0.05, 0.1) is 4.90 Å². The molecule has 0 aliphatic heterocycles. The molecule has 0 aliphatic carbocycles. The van der Waals surface area contributed by atoms with E-state index in [9.17, 15) is 8.42 Å². The smallest absolute Gasteiger partial charge is 0.219 e. The van der Waals surface area contributed by atoms with Crippen LogP contribution in [0.1, 0.15) is 5.56 Å². The molecule has 0 aromatic heterocycles. The molecule has 1 aromatic rings. The molecule has 0 saturated carbocycles. The van der Waals surface area contributed by atoms with Gasteiger partial charge in [-0.05, 0) is 19.1 Å². The summed E-state index contributed by atoms with van der Waals surface area (Å²) in [5.74, 6) is 0. The first-order valence-corrected chi connectivity index (χ1v) is 6.25. The van der Waals surface area contributed by atoms with Crippen molar-refractivity contribution in [3.63, 3.8) is 0 Å². The van der Waals surface area contributed by atoms with E-state index in [2.05, 4.69) is 0 Å². The van der Waals surface area contributed by atoms with Crippen LogP contribution in [0.5, 0.6) is 0 Å². The predicted molar refractivity (Wildman–Crippen MR) is 58.7 cm³/mol. The number of halogens is 3. The molecule has 14 heavy (non-hydrogen) atoms. The summed E-state index contributed by atoms with van der Waals surface area (Å²) in [6, 6.07) is 6.10. The third-order valence-corrected chi connectivity index (χ3v) is 4.97. The van der Waals surface area contributed by atoms with Gasteiger partial charge >= 0.3 is 0 Å². The zero-order chi connectivity index (χ0) is 11.0. The van der Waals surface area contributed by atoms with Crippen molar-refractivity contribution in [2.75, 3.05) is 0 Å². The van der Waals surface area contributed by atoms with E-state index in [1.165, 1.54) is 12.1 Å². The van der Waals surface area contributed by atoms with Crippen LogP contribution in [0.2, 0.25) is 0 Å². The second kappa shape index (κ2) is 3.89. The largest absolute Gasteiger partial charge is 0.296 e. The minimum atomic E-state index is -3.90. The zero-order valence-electron chi connectivity index (χ0n) is 7.17. The number of rotatable bonds is 1. The summed E-state index contributed by atoms with van der Waals surface area (Å²) in [6.45, 7) is 1.84.